The number of carbonyl (C=O) groups is 1. The Balaban J connectivity index is 1.88. The molecule has 110 valence electrons. The van der Waals surface area contributed by atoms with Crippen molar-refractivity contribution in [3.8, 4) is 0 Å². The minimum absolute atomic E-state index is 0.0260. The maximum atomic E-state index is 12.6. The lowest BCUT2D eigenvalue weighted by Crippen LogP contribution is -2.30. The Hall–Kier alpha value is -2.75. The number of fused-ring (bicyclic) bond motifs is 1. The van der Waals surface area contributed by atoms with Gasteiger partial charge in [-0.2, -0.15) is 0 Å². The molecule has 4 heteroatoms. The van der Waals surface area contributed by atoms with Crippen molar-refractivity contribution in [2.75, 3.05) is 7.05 Å². The molecule has 3 aromatic rings. The van der Waals surface area contributed by atoms with E-state index in [4.69, 9.17) is 0 Å². The Morgan fingerprint density at radius 2 is 1.64 bits per heavy atom. The molecule has 1 aromatic heterocycles. The number of nitrogens with zero attached hydrogens (tertiary/aromatic N) is 3. The molecule has 0 fully saturated rings. The topological polar surface area (TPSA) is 46.1 Å². The standard InChI is InChI=1S/C18H17N3O/c1-13(14-8-4-3-5-9-14)21(2)18(22)17-12-19-15-10-6-7-11-16(15)20-17/h3-13H,1-2H3/t13-/m0/s1. The van der Waals surface area contributed by atoms with Crippen molar-refractivity contribution in [3.05, 3.63) is 72.1 Å². The molecule has 3 rings (SSSR count). The fourth-order valence-corrected chi connectivity index (χ4v) is 2.37. The molecule has 2 aromatic carbocycles. The van der Waals surface area contributed by atoms with E-state index in [1.54, 1.807) is 18.1 Å². The van der Waals surface area contributed by atoms with Crippen LogP contribution in [-0.2, 0) is 0 Å². The average Bonchev–Trinajstić information content (AvgIpc) is 2.60. The molecule has 4 nitrogen and oxygen atoms in total. The molecule has 0 aliphatic carbocycles. The highest BCUT2D eigenvalue weighted by molar-refractivity contribution is 5.93. The number of para-hydroxylation sites is 2. The fourth-order valence-electron chi connectivity index (χ4n) is 2.37. The second-order valence-electron chi connectivity index (χ2n) is 5.25. The van der Waals surface area contributed by atoms with E-state index in [0.717, 1.165) is 16.6 Å². The van der Waals surface area contributed by atoms with Crippen LogP contribution < -0.4 is 0 Å². The number of hydrogen-bond donors (Lipinski definition) is 0. The van der Waals surface area contributed by atoms with Crippen molar-refractivity contribution in [2.24, 2.45) is 0 Å². The van der Waals surface area contributed by atoms with E-state index < -0.39 is 0 Å². The first-order chi connectivity index (χ1) is 10.7. The number of aromatic nitrogens is 2. The van der Waals surface area contributed by atoms with Crippen LogP contribution in [0.15, 0.2) is 60.8 Å². The lowest BCUT2D eigenvalue weighted by Gasteiger charge is -2.25. The first-order valence-corrected chi connectivity index (χ1v) is 7.20. The van der Waals surface area contributed by atoms with Crippen LogP contribution in [0, 0.1) is 0 Å². The van der Waals surface area contributed by atoms with Crippen LogP contribution in [-0.4, -0.2) is 27.8 Å². The molecule has 0 bridgehead atoms. The van der Waals surface area contributed by atoms with Crippen LogP contribution in [0.25, 0.3) is 11.0 Å². The molecule has 0 aliphatic heterocycles. The average molecular weight is 291 g/mol. The summed E-state index contributed by atoms with van der Waals surface area (Å²) in [5.74, 6) is -0.130. The zero-order chi connectivity index (χ0) is 15.5. The molecule has 0 spiro atoms. The second-order valence-corrected chi connectivity index (χ2v) is 5.25. The number of benzene rings is 2. The van der Waals surface area contributed by atoms with Gasteiger partial charge < -0.3 is 4.90 Å². The van der Waals surface area contributed by atoms with Gasteiger partial charge in [-0.1, -0.05) is 42.5 Å². The predicted octanol–water partition coefficient (Wildman–Crippen LogP) is 3.46. The molecule has 1 heterocycles. The summed E-state index contributed by atoms with van der Waals surface area (Å²) < 4.78 is 0. The first-order valence-electron chi connectivity index (χ1n) is 7.20. The van der Waals surface area contributed by atoms with Crippen molar-refractivity contribution < 1.29 is 4.79 Å². The third-order valence-corrected chi connectivity index (χ3v) is 3.85. The second kappa shape index (κ2) is 5.93. The molecule has 0 N–H and O–H groups in total. The minimum Gasteiger partial charge on any atom is -0.334 e. The van der Waals surface area contributed by atoms with Crippen LogP contribution in [0.3, 0.4) is 0 Å². The van der Waals surface area contributed by atoms with E-state index >= 15 is 0 Å². The summed E-state index contributed by atoms with van der Waals surface area (Å²) in [5.41, 5.74) is 2.98. The van der Waals surface area contributed by atoms with Gasteiger partial charge in [0.05, 0.1) is 23.3 Å². The van der Waals surface area contributed by atoms with Gasteiger partial charge in [-0.25, -0.2) is 4.98 Å². The van der Waals surface area contributed by atoms with Crippen molar-refractivity contribution in [2.45, 2.75) is 13.0 Å². The van der Waals surface area contributed by atoms with Crippen molar-refractivity contribution in [1.82, 2.24) is 14.9 Å². The monoisotopic (exact) mass is 291 g/mol. The minimum atomic E-state index is -0.130. The normalized spacial score (nSPS) is 12.1. The quantitative estimate of drug-likeness (QED) is 0.742. The van der Waals surface area contributed by atoms with Crippen molar-refractivity contribution >= 4 is 16.9 Å². The van der Waals surface area contributed by atoms with E-state index in [2.05, 4.69) is 9.97 Å². The zero-order valence-corrected chi connectivity index (χ0v) is 12.6. The maximum Gasteiger partial charge on any atom is 0.274 e. The zero-order valence-electron chi connectivity index (χ0n) is 12.6. The molecule has 1 atom stereocenters. The van der Waals surface area contributed by atoms with Crippen LogP contribution in [0.4, 0.5) is 0 Å². The van der Waals surface area contributed by atoms with Crippen molar-refractivity contribution in [1.29, 1.82) is 0 Å². The van der Waals surface area contributed by atoms with Crippen molar-refractivity contribution in [3.63, 3.8) is 0 Å². The largest absolute Gasteiger partial charge is 0.334 e. The third-order valence-electron chi connectivity index (χ3n) is 3.85. The van der Waals surface area contributed by atoms with Crippen LogP contribution in [0.2, 0.25) is 0 Å². The van der Waals surface area contributed by atoms with Gasteiger partial charge in [0.25, 0.3) is 5.91 Å². The smallest absolute Gasteiger partial charge is 0.274 e. The number of rotatable bonds is 3. The SMILES string of the molecule is C[C@@H](c1ccccc1)N(C)C(=O)c1cnc2ccccc2n1. The Labute approximate surface area is 129 Å². The van der Waals surface area contributed by atoms with E-state index in [1.165, 1.54) is 0 Å². The molecule has 0 saturated heterocycles. The van der Waals surface area contributed by atoms with E-state index in [9.17, 15) is 4.79 Å². The lowest BCUT2D eigenvalue weighted by atomic mass is 10.1. The van der Waals surface area contributed by atoms with Crippen LogP contribution >= 0.6 is 0 Å². The molecule has 0 unspecified atom stereocenters. The van der Waals surface area contributed by atoms with Gasteiger partial charge >= 0.3 is 0 Å². The van der Waals surface area contributed by atoms with Gasteiger partial charge in [0.15, 0.2) is 0 Å². The van der Waals surface area contributed by atoms with Gasteiger partial charge in [0, 0.05) is 7.05 Å². The number of amides is 1. The molecular formula is C18H17N3O. The molecule has 1 amide bonds. The van der Waals surface area contributed by atoms with Crippen LogP contribution in [0.5, 0.6) is 0 Å². The summed E-state index contributed by atoms with van der Waals surface area (Å²) in [5, 5.41) is 0. The van der Waals surface area contributed by atoms with Crippen LogP contribution in [0.1, 0.15) is 29.0 Å². The molecule has 0 radical (unpaired) electrons. The lowest BCUT2D eigenvalue weighted by molar-refractivity contribution is 0.0736. The molecular weight excluding hydrogens is 274 g/mol. The number of carbonyl (C=O) groups excluding carboxylic acids is 1. The van der Waals surface area contributed by atoms with Gasteiger partial charge in [0.1, 0.15) is 5.69 Å². The fraction of sp³-hybridized carbons (Fsp3) is 0.167. The Morgan fingerprint density at radius 3 is 2.36 bits per heavy atom. The predicted molar refractivity (Wildman–Crippen MR) is 86.5 cm³/mol. The summed E-state index contributed by atoms with van der Waals surface area (Å²) in [6.45, 7) is 2.00. The summed E-state index contributed by atoms with van der Waals surface area (Å²) in [6.07, 6.45) is 1.54. The first kappa shape index (κ1) is 14.2. The Morgan fingerprint density at radius 1 is 1.00 bits per heavy atom. The van der Waals surface area contributed by atoms with Gasteiger partial charge in [-0.15, -0.1) is 0 Å². The molecule has 0 aliphatic rings. The Kier molecular flexibility index (Phi) is 3.83. The van der Waals surface area contributed by atoms with E-state index in [0.29, 0.717) is 5.69 Å². The Bertz CT molecular complexity index is 802. The van der Waals surface area contributed by atoms with Gasteiger partial charge in [-0.3, -0.25) is 9.78 Å². The highest BCUT2D eigenvalue weighted by Crippen LogP contribution is 2.20. The third kappa shape index (κ3) is 2.68. The van der Waals surface area contributed by atoms with E-state index in [-0.39, 0.29) is 11.9 Å². The van der Waals surface area contributed by atoms with Gasteiger partial charge in [0.2, 0.25) is 0 Å². The summed E-state index contributed by atoms with van der Waals surface area (Å²) >= 11 is 0. The summed E-state index contributed by atoms with van der Waals surface area (Å²) in [7, 11) is 1.79. The molecule has 0 saturated carbocycles. The molecule has 22 heavy (non-hydrogen) atoms. The summed E-state index contributed by atoms with van der Waals surface area (Å²) in [6, 6.07) is 17.5. The van der Waals surface area contributed by atoms with E-state index in [1.807, 2.05) is 61.5 Å². The van der Waals surface area contributed by atoms with Gasteiger partial charge in [-0.05, 0) is 24.6 Å². The summed E-state index contributed by atoms with van der Waals surface area (Å²) in [4.78, 5) is 23.0. The maximum absolute atomic E-state index is 12.6. The highest BCUT2D eigenvalue weighted by atomic mass is 16.2. The number of hydrogen-bond acceptors (Lipinski definition) is 3. The highest BCUT2D eigenvalue weighted by Gasteiger charge is 2.20.